The standard InChI is InChI=1S/C13H14N2O4S/c14-7-9-1-3-10(4-2-9)8-20(18,19)15-12(13(16)17)11-5-6-11/h1-4,11-12,15H,5-6,8H2,(H,16,17). The highest BCUT2D eigenvalue weighted by Gasteiger charge is 2.38. The molecule has 1 atom stereocenters. The lowest BCUT2D eigenvalue weighted by Crippen LogP contribution is -2.42. The van der Waals surface area contributed by atoms with Gasteiger partial charge in [0.25, 0.3) is 0 Å². The van der Waals surface area contributed by atoms with Crippen LogP contribution in [0.3, 0.4) is 0 Å². The van der Waals surface area contributed by atoms with Gasteiger partial charge in [0.05, 0.1) is 17.4 Å². The normalized spacial score (nSPS) is 16.4. The van der Waals surface area contributed by atoms with Crippen molar-refractivity contribution in [2.24, 2.45) is 5.92 Å². The first-order valence-corrected chi connectivity index (χ1v) is 7.78. The molecule has 1 aliphatic rings. The van der Waals surface area contributed by atoms with Gasteiger partial charge in [0.15, 0.2) is 0 Å². The topological polar surface area (TPSA) is 107 Å². The van der Waals surface area contributed by atoms with Gasteiger partial charge in [0.2, 0.25) is 10.0 Å². The lowest BCUT2D eigenvalue weighted by molar-refractivity contribution is -0.139. The first kappa shape index (κ1) is 14.5. The molecule has 106 valence electrons. The summed E-state index contributed by atoms with van der Waals surface area (Å²) in [6, 6.07) is 7.05. The summed E-state index contributed by atoms with van der Waals surface area (Å²) in [6.07, 6.45) is 1.46. The van der Waals surface area contributed by atoms with E-state index in [4.69, 9.17) is 10.4 Å². The zero-order chi connectivity index (χ0) is 14.8. The predicted octanol–water partition coefficient (Wildman–Crippen LogP) is 0.841. The highest BCUT2D eigenvalue weighted by atomic mass is 32.2. The lowest BCUT2D eigenvalue weighted by atomic mass is 10.2. The van der Waals surface area contributed by atoms with E-state index in [1.807, 2.05) is 6.07 Å². The van der Waals surface area contributed by atoms with Crippen molar-refractivity contribution < 1.29 is 18.3 Å². The maximum absolute atomic E-state index is 12.0. The van der Waals surface area contributed by atoms with E-state index in [-0.39, 0.29) is 11.7 Å². The molecular weight excluding hydrogens is 280 g/mol. The maximum Gasteiger partial charge on any atom is 0.322 e. The van der Waals surface area contributed by atoms with E-state index in [1.54, 1.807) is 12.1 Å². The Morgan fingerprint density at radius 3 is 2.45 bits per heavy atom. The number of rotatable bonds is 6. The smallest absolute Gasteiger partial charge is 0.322 e. The van der Waals surface area contributed by atoms with E-state index in [9.17, 15) is 13.2 Å². The Balaban J connectivity index is 2.06. The van der Waals surface area contributed by atoms with Crippen LogP contribution in [0.15, 0.2) is 24.3 Å². The van der Waals surface area contributed by atoms with Crippen LogP contribution in [0.2, 0.25) is 0 Å². The van der Waals surface area contributed by atoms with Crippen molar-refractivity contribution >= 4 is 16.0 Å². The fourth-order valence-corrected chi connectivity index (χ4v) is 3.30. The van der Waals surface area contributed by atoms with Crippen LogP contribution < -0.4 is 4.72 Å². The molecule has 1 fully saturated rings. The van der Waals surface area contributed by atoms with E-state index in [1.165, 1.54) is 12.1 Å². The monoisotopic (exact) mass is 294 g/mol. The summed E-state index contributed by atoms with van der Waals surface area (Å²) in [7, 11) is -3.72. The van der Waals surface area contributed by atoms with Crippen LogP contribution in [0.4, 0.5) is 0 Å². The number of nitriles is 1. The molecule has 2 rings (SSSR count). The quantitative estimate of drug-likeness (QED) is 0.808. The zero-order valence-electron chi connectivity index (χ0n) is 10.6. The van der Waals surface area contributed by atoms with E-state index < -0.39 is 22.0 Å². The molecule has 1 aromatic carbocycles. The third-order valence-electron chi connectivity index (χ3n) is 3.11. The number of carbonyl (C=O) groups is 1. The van der Waals surface area contributed by atoms with Gasteiger partial charge in [-0.2, -0.15) is 5.26 Å². The predicted molar refractivity (Wildman–Crippen MR) is 71.1 cm³/mol. The van der Waals surface area contributed by atoms with Crippen molar-refractivity contribution in [3.05, 3.63) is 35.4 Å². The van der Waals surface area contributed by atoms with Crippen molar-refractivity contribution in [2.75, 3.05) is 0 Å². The molecule has 0 bridgehead atoms. The van der Waals surface area contributed by atoms with Crippen LogP contribution in [0.25, 0.3) is 0 Å². The number of hydrogen-bond acceptors (Lipinski definition) is 4. The number of carboxylic acids is 1. The van der Waals surface area contributed by atoms with Gasteiger partial charge in [-0.25, -0.2) is 13.1 Å². The van der Waals surface area contributed by atoms with Gasteiger partial charge >= 0.3 is 5.97 Å². The van der Waals surface area contributed by atoms with Gasteiger partial charge < -0.3 is 5.11 Å². The summed E-state index contributed by atoms with van der Waals surface area (Å²) in [5.74, 6) is -1.55. The summed E-state index contributed by atoms with van der Waals surface area (Å²) in [6.45, 7) is 0. The van der Waals surface area contributed by atoms with Crippen molar-refractivity contribution in [3.8, 4) is 6.07 Å². The van der Waals surface area contributed by atoms with Crippen molar-refractivity contribution in [3.63, 3.8) is 0 Å². The van der Waals surface area contributed by atoms with Crippen LogP contribution in [-0.4, -0.2) is 25.5 Å². The number of benzene rings is 1. The molecule has 6 nitrogen and oxygen atoms in total. The Morgan fingerprint density at radius 1 is 1.40 bits per heavy atom. The fraction of sp³-hybridized carbons (Fsp3) is 0.385. The number of carboxylic acid groups (broad SMARTS) is 1. The second kappa shape index (κ2) is 5.61. The molecule has 0 heterocycles. The zero-order valence-corrected chi connectivity index (χ0v) is 11.4. The molecule has 7 heteroatoms. The Kier molecular flexibility index (Phi) is 4.06. The highest BCUT2D eigenvalue weighted by Crippen LogP contribution is 2.33. The summed E-state index contributed by atoms with van der Waals surface area (Å²) in [4.78, 5) is 11.0. The molecular formula is C13H14N2O4S. The Labute approximate surface area is 117 Å². The Bertz CT molecular complexity index is 642. The molecule has 0 saturated heterocycles. The SMILES string of the molecule is N#Cc1ccc(CS(=O)(=O)NC(C(=O)O)C2CC2)cc1. The second-order valence-electron chi connectivity index (χ2n) is 4.84. The molecule has 0 radical (unpaired) electrons. The minimum Gasteiger partial charge on any atom is -0.480 e. The van der Waals surface area contributed by atoms with E-state index in [0.717, 1.165) is 12.8 Å². The van der Waals surface area contributed by atoms with E-state index in [0.29, 0.717) is 11.1 Å². The second-order valence-corrected chi connectivity index (χ2v) is 6.59. The first-order chi connectivity index (χ1) is 9.41. The highest BCUT2D eigenvalue weighted by molar-refractivity contribution is 7.88. The van der Waals surface area contributed by atoms with Gasteiger partial charge in [0.1, 0.15) is 6.04 Å². The molecule has 0 aliphatic heterocycles. The fourth-order valence-electron chi connectivity index (χ4n) is 1.91. The largest absolute Gasteiger partial charge is 0.480 e. The third kappa shape index (κ3) is 3.79. The number of aliphatic carboxylic acids is 1. The molecule has 0 aromatic heterocycles. The molecule has 1 aromatic rings. The van der Waals surface area contributed by atoms with Crippen LogP contribution >= 0.6 is 0 Å². The van der Waals surface area contributed by atoms with Gasteiger partial charge in [-0.05, 0) is 36.5 Å². The molecule has 1 aliphatic carbocycles. The molecule has 1 unspecified atom stereocenters. The molecule has 20 heavy (non-hydrogen) atoms. The number of nitrogens with one attached hydrogen (secondary N) is 1. The van der Waals surface area contributed by atoms with Gasteiger partial charge in [0, 0.05) is 0 Å². The van der Waals surface area contributed by atoms with Crippen molar-refractivity contribution in [2.45, 2.75) is 24.6 Å². The van der Waals surface area contributed by atoms with Crippen molar-refractivity contribution in [1.82, 2.24) is 4.72 Å². The van der Waals surface area contributed by atoms with Gasteiger partial charge in [-0.15, -0.1) is 0 Å². The lowest BCUT2D eigenvalue weighted by Gasteiger charge is -2.13. The number of sulfonamides is 1. The van der Waals surface area contributed by atoms with Crippen LogP contribution in [-0.2, 0) is 20.6 Å². The summed E-state index contributed by atoms with van der Waals surface area (Å²) < 4.78 is 26.2. The van der Waals surface area contributed by atoms with Crippen LogP contribution in [0.1, 0.15) is 24.0 Å². The van der Waals surface area contributed by atoms with Gasteiger partial charge in [-0.1, -0.05) is 12.1 Å². The molecule has 0 amide bonds. The van der Waals surface area contributed by atoms with Crippen LogP contribution in [0.5, 0.6) is 0 Å². The van der Waals surface area contributed by atoms with Crippen LogP contribution in [0, 0.1) is 17.2 Å². The number of nitrogens with zero attached hydrogens (tertiary/aromatic N) is 1. The summed E-state index contributed by atoms with van der Waals surface area (Å²) in [5, 5.41) is 17.7. The Morgan fingerprint density at radius 2 is 2.00 bits per heavy atom. The minimum atomic E-state index is -3.72. The third-order valence-corrected chi connectivity index (χ3v) is 4.43. The van der Waals surface area contributed by atoms with E-state index in [2.05, 4.69) is 4.72 Å². The average molecular weight is 294 g/mol. The van der Waals surface area contributed by atoms with E-state index >= 15 is 0 Å². The Hall–Kier alpha value is -1.91. The summed E-state index contributed by atoms with van der Waals surface area (Å²) in [5.41, 5.74) is 0.955. The minimum absolute atomic E-state index is 0.108. The van der Waals surface area contributed by atoms with Crippen molar-refractivity contribution in [1.29, 1.82) is 5.26 Å². The maximum atomic E-state index is 12.0. The average Bonchev–Trinajstić information content (AvgIpc) is 3.20. The molecule has 1 saturated carbocycles. The number of hydrogen-bond donors (Lipinski definition) is 2. The molecule has 0 spiro atoms. The van der Waals surface area contributed by atoms with Gasteiger partial charge in [-0.3, -0.25) is 4.79 Å². The molecule has 2 N–H and O–H groups in total. The first-order valence-electron chi connectivity index (χ1n) is 6.13. The summed E-state index contributed by atoms with van der Waals surface area (Å²) >= 11 is 0.